The molecule has 4 rings (SSSR count). The standard InChI is InChI=1S/C19H15F3N4O3/c1-10-17(28)24-13-8-11(6-7-15(13)29-10)23-16(27)9-26-14-5-3-2-4-12(14)25-18(26)19(20,21)22/h2-8,10H,9H2,1H3,(H,23,27)(H,24,28). The molecule has 29 heavy (non-hydrogen) atoms. The average molecular weight is 404 g/mol. The van der Waals surface area contributed by atoms with Crippen molar-refractivity contribution in [3.63, 3.8) is 0 Å². The summed E-state index contributed by atoms with van der Waals surface area (Å²) in [4.78, 5) is 27.8. The number of imidazole rings is 1. The molecule has 0 fully saturated rings. The van der Waals surface area contributed by atoms with E-state index in [0.717, 1.165) is 4.57 Å². The van der Waals surface area contributed by atoms with E-state index in [4.69, 9.17) is 4.74 Å². The zero-order valence-electron chi connectivity index (χ0n) is 15.1. The van der Waals surface area contributed by atoms with Gasteiger partial charge in [0.2, 0.25) is 11.7 Å². The predicted molar refractivity (Wildman–Crippen MR) is 98.5 cm³/mol. The molecule has 0 radical (unpaired) electrons. The summed E-state index contributed by atoms with van der Waals surface area (Å²) in [5.74, 6) is -1.71. The maximum absolute atomic E-state index is 13.4. The largest absolute Gasteiger partial charge is 0.479 e. The molecular weight excluding hydrogens is 389 g/mol. The van der Waals surface area contributed by atoms with Crippen LogP contribution in [0.25, 0.3) is 11.0 Å². The van der Waals surface area contributed by atoms with E-state index in [1.54, 1.807) is 25.1 Å². The molecular formula is C19H15F3N4O3. The summed E-state index contributed by atoms with van der Waals surface area (Å²) in [7, 11) is 0. The lowest BCUT2D eigenvalue weighted by Gasteiger charge is -2.23. The van der Waals surface area contributed by atoms with Gasteiger partial charge in [0.25, 0.3) is 5.91 Å². The van der Waals surface area contributed by atoms with Gasteiger partial charge in [-0.3, -0.25) is 9.59 Å². The Morgan fingerprint density at radius 2 is 2.03 bits per heavy atom. The van der Waals surface area contributed by atoms with Gasteiger partial charge in [-0.25, -0.2) is 4.98 Å². The Bertz CT molecular complexity index is 1120. The Morgan fingerprint density at radius 1 is 1.28 bits per heavy atom. The molecule has 0 spiro atoms. The number of ether oxygens (including phenoxy) is 1. The van der Waals surface area contributed by atoms with E-state index in [1.165, 1.54) is 24.3 Å². The summed E-state index contributed by atoms with van der Waals surface area (Å²) in [6.45, 7) is 1.02. The predicted octanol–water partition coefficient (Wildman–Crippen LogP) is 3.41. The molecule has 2 amide bonds. The number of halogens is 3. The van der Waals surface area contributed by atoms with Crippen LogP contribution in [0.4, 0.5) is 24.5 Å². The lowest BCUT2D eigenvalue weighted by atomic mass is 10.2. The molecule has 1 aliphatic heterocycles. The first-order chi connectivity index (χ1) is 13.7. The number of para-hydroxylation sites is 2. The molecule has 1 aliphatic rings. The molecule has 10 heteroatoms. The van der Waals surface area contributed by atoms with Crippen LogP contribution in [0.3, 0.4) is 0 Å². The first-order valence-corrected chi connectivity index (χ1v) is 8.66. The number of nitrogens with zero attached hydrogens (tertiary/aromatic N) is 2. The van der Waals surface area contributed by atoms with Crippen LogP contribution in [-0.2, 0) is 22.3 Å². The Hall–Kier alpha value is -3.56. The van der Waals surface area contributed by atoms with Gasteiger partial charge < -0.3 is 19.9 Å². The van der Waals surface area contributed by atoms with Gasteiger partial charge in [0, 0.05) is 5.69 Å². The second-order valence-corrected chi connectivity index (χ2v) is 6.52. The molecule has 1 atom stereocenters. The van der Waals surface area contributed by atoms with Crippen molar-refractivity contribution < 1.29 is 27.5 Å². The van der Waals surface area contributed by atoms with Crippen LogP contribution in [0.1, 0.15) is 12.7 Å². The number of carbonyl (C=O) groups is 2. The van der Waals surface area contributed by atoms with Crippen LogP contribution in [0.2, 0.25) is 0 Å². The second-order valence-electron chi connectivity index (χ2n) is 6.52. The first-order valence-electron chi connectivity index (χ1n) is 8.66. The van der Waals surface area contributed by atoms with E-state index in [1.807, 2.05) is 0 Å². The monoisotopic (exact) mass is 404 g/mol. The van der Waals surface area contributed by atoms with Crippen LogP contribution in [-0.4, -0.2) is 27.5 Å². The number of hydrogen-bond acceptors (Lipinski definition) is 4. The Balaban J connectivity index is 1.58. The van der Waals surface area contributed by atoms with Crippen molar-refractivity contribution in [2.24, 2.45) is 0 Å². The molecule has 0 aliphatic carbocycles. The van der Waals surface area contributed by atoms with Crippen LogP contribution >= 0.6 is 0 Å². The van der Waals surface area contributed by atoms with Gasteiger partial charge >= 0.3 is 6.18 Å². The van der Waals surface area contributed by atoms with Gasteiger partial charge in [0.1, 0.15) is 12.3 Å². The number of rotatable bonds is 3. The number of nitrogens with one attached hydrogen (secondary N) is 2. The summed E-state index contributed by atoms with van der Waals surface area (Å²) in [5, 5.41) is 5.18. The zero-order chi connectivity index (χ0) is 20.8. The fourth-order valence-corrected chi connectivity index (χ4v) is 3.08. The van der Waals surface area contributed by atoms with Crippen LogP contribution < -0.4 is 15.4 Å². The third-order valence-corrected chi connectivity index (χ3v) is 4.40. The van der Waals surface area contributed by atoms with Gasteiger partial charge in [-0.2, -0.15) is 13.2 Å². The molecule has 2 N–H and O–H groups in total. The smallest absolute Gasteiger partial charge is 0.449 e. The van der Waals surface area contributed by atoms with Crippen molar-refractivity contribution in [1.29, 1.82) is 0 Å². The van der Waals surface area contributed by atoms with Crippen molar-refractivity contribution in [2.75, 3.05) is 10.6 Å². The Labute approximate surface area is 162 Å². The molecule has 0 saturated heterocycles. The highest BCUT2D eigenvalue weighted by Gasteiger charge is 2.38. The number of hydrogen-bond donors (Lipinski definition) is 2. The SMILES string of the molecule is CC1Oc2ccc(NC(=O)Cn3c(C(F)(F)F)nc4ccccc43)cc2NC1=O. The number of benzene rings is 2. The van der Waals surface area contributed by atoms with Crippen LogP contribution in [0, 0.1) is 0 Å². The van der Waals surface area contributed by atoms with Crippen molar-refractivity contribution in [2.45, 2.75) is 25.7 Å². The normalized spacial score (nSPS) is 16.1. The molecule has 2 heterocycles. The van der Waals surface area contributed by atoms with Crippen molar-refractivity contribution in [3.8, 4) is 5.75 Å². The number of anilines is 2. The lowest BCUT2D eigenvalue weighted by Crippen LogP contribution is -2.34. The molecule has 7 nitrogen and oxygen atoms in total. The van der Waals surface area contributed by atoms with Crippen molar-refractivity contribution >= 4 is 34.2 Å². The molecule has 1 unspecified atom stereocenters. The minimum absolute atomic E-state index is 0.149. The van der Waals surface area contributed by atoms with E-state index in [2.05, 4.69) is 15.6 Å². The molecule has 1 aromatic heterocycles. The van der Waals surface area contributed by atoms with E-state index in [9.17, 15) is 22.8 Å². The van der Waals surface area contributed by atoms with Crippen molar-refractivity contribution in [3.05, 3.63) is 48.3 Å². The molecule has 150 valence electrons. The number of amides is 2. The molecule has 0 saturated carbocycles. The molecule has 0 bridgehead atoms. The van der Waals surface area contributed by atoms with Crippen LogP contribution in [0.15, 0.2) is 42.5 Å². The summed E-state index contributed by atoms with van der Waals surface area (Å²) in [5.41, 5.74) is 1.03. The van der Waals surface area contributed by atoms with Crippen LogP contribution in [0.5, 0.6) is 5.75 Å². The third kappa shape index (κ3) is 3.60. The van der Waals surface area contributed by atoms with E-state index in [0.29, 0.717) is 17.1 Å². The molecule has 3 aromatic rings. The van der Waals surface area contributed by atoms with Gasteiger partial charge in [-0.05, 0) is 37.3 Å². The maximum atomic E-state index is 13.4. The third-order valence-electron chi connectivity index (χ3n) is 4.40. The van der Waals surface area contributed by atoms with E-state index >= 15 is 0 Å². The number of alkyl halides is 3. The Morgan fingerprint density at radius 3 is 2.79 bits per heavy atom. The lowest BCUT2D eigenvalue weighted by molar-refractivity contribution is -0.147. The van der Waals surface area contributed by atoms with Gasteiger partial charge in [0.05, 0.1) is 16.7 Å². The zero-order valence-corrected chi connectivity index (χ0v) is 15.1. The van der Waals surface area contributed by atoms with Gasteiger partial charge in [-0.15, -0.1) is 0 Å². The van der Waals surface area contributed by atoms with Gasteiger partial charge in [0.15, 0.2) is 6.10 Å². The fraction of sp³-hybridized carbons (Fsp3) is 0.211. The number of fused-ring (bicyclic) bond motifs is 2. The highest BCUT2D eigenvalue weighted by Crippen LogP contribution is 2.33. The average Bonchev–Trinajstić information content (AvgIpc) is 3.02. The minimum Gasteiger partial charge on any atom is -0.479 e. The fourth-order valence-electron chi connectivity index (χ4n) is 3.08. The Kier molecular flexibility index (Phi) is 4.40. The summed E-state index contributed by atoms with van der Waals surface area (Å²) in [6.07, 6.45) is -5.35. The van der Waals surface area contributed by atoms with Gasteiger partial charge in [-0.1, -0.05) is 12.1 Å². The number of carbonyl (C=O) groups excluding carboxylic acids is 2. The highest BCUT2D eigenvalue weighted by molar-refractivity contribution is 5.99. The summed E-state index contributed by atoms with van der Waals surface area (Å²) >= 11 is 0. The second kappa shape index (κ2) is 6.80. The highest BCUT2D eigenvalue weighted by atomic mass is 19.4. The first kappa shape index (κ1) is 18.8. The summed E-state index contributed by atoms with van der Waals surface area (Å²) in [6, 6.07) is 10.7. The number of aromatic nitrogens is 2. The van der Waals surface area contributed by atoms with E-state index in [-0.39, 0.29) is 16.9 Å². The topological polar surface area (TPSA) is 85.2 Å². The minimum atomic E-state index is -4.70. The molecule has 2 aromatic carbocycles. The quantitative estimate of drug-likeness (QED) is 0.701. The maximum Gasteiger partial charge on any atom is 0.449 e. The summed E-state index contributed by atoms with van der Waals surface area (Å²) < 4.78 is 46.3. The van der Waals surface area contributed by atoms with E-state index < -0.39 is 30.6 Å². The van der Waals surface area contributed by atoms with Crippen molar-refractivity contribution in [1.82, 2.24) is 9.55 Å².